The van der Waals surface area contributed by atoms with E-state index in [1.54, 1.807) is 0 Å². The number of aliphatic hydroxyl groups is 4. The summed E-state index contributed by atoms with van der Waals surface area (Å²) in [5, 5.41) is 37.6. The second kappa shape index (κ2) is 3.19. The number of hydrogen-bond donors (Lipinski definition) is 4. The molecular formula is C8H13NO4. The van der Waals surface area contributed by atoms with Gasteiger partial charge in [0.25, 0.3) is 0 Å². The predicted octanol–water partition coefficient (Wildman–Crippen LogP) is -1.58. The van der Waals surface area contributed by atoms with Crippen molar-refractivity contribution in [3.05, 3.63) is 11.8 Å². The van der Waals surface area contributed by atoms with Crippen molar-refractivity contribution in [2.24, 2.45) is 4.99 Å². The van der Waals surface area contributed by atoms with Gasteiger partial charge >= 0.3 is 0 Å². The Bertz CT molecular complexity index is 251. The van der Waals surface area contributed by atoms with Gasteiger partial charge in [-0.1, -0.05) is 0 Å². The third-order valence-electron chi connectivity index (χ3n) is 2.31. The lowest BCUT2D eigenvalue weighted by molar-refractivity contribution is -0.125. The molecule has 0 spiro atoms. The molecule has 0 saturated heterocycles. The quantitative estimate of drug-likeness (QED) is 0.392. The van der Waals surface area contributed by atoms with E-state index in [0.29, 0.717) is 0 Å². The molecule has 0 aliphatic heterocycles. The number of aliphatic hydroxyl groups excluding tert-OH is 3. The van der Waals surface area contributed by atoms with Crippen LogP contribution in [0.2, 0.25) is 0 Å². The van der Waals surface area contributed by atoms with Gasteiger partial charge in [-0.25, -0.2) is 0 Å². The van der Waals surface area contributed by atoms with E-state index in [2.05, 4.69) is 11.7 Å². The van der Waals surface area contributed by atoms with E-state index in [-0.39, 0.29) is 5.70 Å². The van der Waals surface area contributed by atoms with Gasteiger partial charge in [-0.3, -0.25) is 4.99 Å². The monoisotopic (exact) mass is 187 g/mol. The second-order valence-electron chi connectivity index (χ2n) is 3.18. The minimum atomic E-state index is -1.84. The van der Waals surface area contributed by atoms with E-state index in [9.17, 15) is 20.4 Å². The molecule has 4 atom stereocenters. The molecule has 0 bridgehead atoms. The Hall–Kier alpha value is -0.750. The highest BCUT2D eigenvalue weighted by Gasteiger charge is 2.49. The van der Waals surface area contributed by atoms with Gasteiger partial charge in [-0.2, -0.15) is 0 Å². The van der Waals surface area contributed by atoms with Gasteiger partial charge < -0.3 is 20.4 Å². The topological polar surface area (TPSA) is 93.3 Å². The molecule has 4 N–H and O–H groups in total. The molecule has 0 saturated carbocycles. The van der Waals surface area contributed by atoms with Gasteiger partial charge in [-0.15, -0.1) is 0 Å². The molecule has 5 nitrogen and oxygen atoms in total. The zero-order valence-corrected chi connectivity index (χ0v) is 7.25. The van der Waals surface area contributed by atoms with Crippen molar-refractivity contribution in [2.75, 3.05) is 0 Å². The largest absolute Gasteiger partial charge is 0.390 e. The number of hydrogen-bond acceptors (Lipinski definition) is 5. The van der Waals surface area contributed by atoms with Crippen molar-refractivity contribution in [2.45, 2.75) is 30.8 Å². The molecule has 74 valence electrons. The summed E-state index contributed by atoms with van der Waals surface area (Å²) in [6.07, 6.45) is -2.82. The van der Waals surface area contributed by atoms with E-state index >= 15 is 0 Å². The van der Waals surface area contributed by atoms with E-state index in [1.165, 1.54) is 6.92 Å². The number of aliphatic imine (C=N–C) groups is 1. The molecule has 13 heavy (non-hydrogen) atoms. The van der Waals surface area contributed by atoms with Gasteiger partial charge in [0.05, 0.1) is 11.8 Å². The normalized spacial score (nSPS) is 41.5. The minimum absolute atomic E-state index is 0.0795. The fraction of sp³-hybridized carbons (Fsp3) is 0.625. The Morgan fingerprint density at radius 3 is 2.38 bits per heavy atom. The summed E-state index contributed by atoms with van der Waals surface area (Å²) in [7, 11) is 0. The molecule has 1 aliphatic rings. The average molecular weight is 187 g/mol. The minimum Gasteiger partial charge on any atom is -0.390 e. The van der Waals surface area contributed by atoms with Crippen molar-refractivity contribution < 1.29 is 20.4 Å². The molecule has 5 heteroatoms. The molecule has 0 heterocycles. The lowest BCUT2D eigenvalue weighted by Crippen LogP contribution is -2.50. The highest BCUT2D eigenvalue weighted by Crippen LogP contribution is 2.32. The Morgan fingerprint density at radius 2 is 2.15 bits per heavy atom. The smallest absolute Gasteiger partial charge is 0.139 e. The van der Waals surface area contributed by atoms with Crippen LogP contribution in [0.5, 0.6) is 0 Å². The van der Waals surface area contributed by atoms with Crippen molar-refractivity contribution in [1.29, 1.82) is 0 Å². The van der Waals surface area contributed by atoms with Gasteiger partial charge in [0.2, 0.25) is 0 Å². The summed E-state index contributed by atoms with van der Waals surface area (Å²) in [6.45, 7) is 4.49. The molecule has 1 rings (SSSR count). The van der Waals surface area contributed by atoms with Gasteiger partial charge in [0.1, 0.15) is 17.8 Å². The third kappa shape index (κ3) is 1.40. The molecule has 0 aromatic rings. The van der Waals surface area contributed by atoms with Gasteiger partial charge in [0.15, 0.2) is 0 Å². The second-order valence-corrected chi connectivity index (χ2v) is 3.18. The standard InChI is InChI=1S/C8H13NO4/c1-4(10)8(13)3-5(9-2)6(11)7(8)12/h3-4,6-7,10-13H,2H2,1H3. The van der Waals surface area contributed by atoms with Crippen LogP contribution in [0.1, 0.15) is 6.92 Å². The van der Waals surface area contributed by atoms with E-state index in [4.69, 9.17) is 0 Å². The SMILES string of the molecule is C=NC1=CC(O)(C(C)O)C(O)C1O. The zero-order chi connectivity index (χ0) is 10.2. The maximum absolute atomic E-state index is 9.68. The lowest BCUT2D eigenvalue weighted by Gasteiger charge is -2.29. The van der Waals surface area contributed by atoms with Crippen LogP contribution >= 0.6 is 0 Å². The van der Waals surface area contributed by atoms with Crippen molar-refractivity contribution in [3.8, 4) is 0 Å². The van der Waals surface area contributed by atoms with Crippen LogP contribution in [0.4, 0.5) is 0 Å². The highest BCUT2D eigenvalue weighted by atomic mass is 16.4. The summed E-state index contributed by atoms with van der Waals surface area (Å²) in [6, 6.07) is 0. The van der Waals surface area contributed by atoms with E-state index in [0.717, 1.165) is 6.08 Å². The molecule has 0 amide bonds. The van der Waals surface area contributed by atoms with Crippen LogP contribution in [0, 0.1) is 0 Å². The first kappa shape index (κ1) is 10.3. The van der Waals surface area contributed by atoms with E-state index < -0.39 is 23.9 Å². The summed E-state index contributed by atoms with van der Waals surface area (Å²) < 4.78 is 0. The van der Waals surface area contributed by atoms with Crippen LogP contribution in [0.25, 0.3) is 0 Å². The van der Waals surface area contributed by atoms with Crippen molar-refractivity contribution in [3.63, 3.8) is 0 Å². The Morgan fingerprint density at radius 1 is 1.62 bits per heavy atom. The van der Waals surface area contributed by atoms with Crippen LogP contribution in [-0.4, -0.2) is 51.1 Å². The van der Waals surface area contributed by atoms with E-state index in [1.807, 2.05) is 0 Å². The molecule has 4 unspecified atom stereocenters. The third-order valence-corrected chi connectivity index (χ3v) is 2.31. The number of rotatable bonds is 2. The maximum Gasteiger partial charge on any atom is 0.139 e. The number of nitrogens with zero attached hydrogens (tertiary/aromatic N) is 1. The molecule has 0 aromatic heterocycles. The first-order valence-corrected chi connectivity index (χ1v) is 3.89. The van der Waals surface area contributed by atoms with Crippen LogP contribution in [0.3, 0.4) is 0 Å². The summed E-state index contributed by atoms with van der Waals surface area (Å²) in [4.78, 5) is 3.43. The van der Waals surface area contributed by atoms with Gasteiger partial charge in [-0.05, 0) is 19.7 Å². The molecule has 0 fully saturated rings. The van der Waals surface area contributed by atoms with Crippen LogP contribution < -0.4 is 0 Å². The molecule has 0 aromatic carbocycles. The predicted molar refractivity (Wildman–Crippen MR) is 46.3 cm³/mol. The zero-order valence-electron chi connectivity index (χ0n) is 7.25. The Labute approximate surface area is 75.7 Å². The highest BCUT2D eigenvalue weighted by molar-refractivity contribution is 5.36. The maximum atomic E-state index is 9.68. The van der Waals surface area contributed by atoms with Crippen LogP contribution in [0.15, 0.2) is 16.8 Å². The Balaban J connectivity index is 3.03. The Kier molecular flexibility index (Phi) is 2.53. The van der Waals surface area contributed by atoms with Crippen molar-refractivity contribution >= 4 is 6.72 Å². The summed E-state index contributed by atoms with van der Waals surface area (Å²) in [5.74, 6) is 0. The molecular weight excluding hydrogens is 174 g/mol. The summed E-state index contributed by atoms with van der Waals surface area (Å²) in [5.41, 5.74) is -1.76. The molecule has 1 aliphatic carbocycles. The fourth-order valence-electron chi connectivity index (χ4n) is 1.33. The lowest BCUT2D eigenvalue weighted by atomic mass is 9.94. The first-order chi connectivity index (χ1) is 5.93. The fourth-order valence-corrected chi connectivity index (χ4v) is 1.33. The molecule has 0 radical (unpaired) electrons. The van der Waals surface area contributed by atoms with Crippen LogP contribution in [-0.2, 0) is 0 Å². The summed E-state index contributed by atoms with van der Waals surface area (Å²) >= 11 is 0. The average Bonchev–Trinajstić information content (AvgIpc) is 2.31. The first-order valence-electron chi connectivity index (χ1n) is 3.89. The van der Waals surface area contributed by atoms with Gasteiger partial charge in [0, 0.05) is 0 Å². The van der Waals surface area contributed by atoms with Crippen molar-refractivity contribution in [1.82, 2.24) is 0 Å².